The predicted molar refractivity (Wildman–Crippen MR) is 92.3 cm³/mol. The van der Waals surface area contributed by atoms with E-state index in [9.17, 15) is 4.79 Å². The molecule has 0 aliphatic heterocycles. The molecule has 6 nitrogen and oxygen atoms in total. The highest BCUT2D eigenvalue weighted by molar-refractivity contribution is 5.68. The molecule has 132 valence electrons. The van der Waals surface area contributed by atoms with Gasteiger partial charge >= 0.3 is 6.09 Å². The molecular formula is C17H32N4O2. The molecule has 1 N–H and O–H groups in total. The normalized spacial score (nSPS) is 11.5. The second-order valence-corrected chi connectivity index (χ2v) is 6.76. The van der Waals surface area contributed by atoms with Crippen LogP contribution in [-0.2, 0) is 17.8 Å². The van der Waals surface area contributed by atoms with Crippen LogP contribution < -0.4 is 5.32 Å². The van der Waals surface area contributed by atoms with Crippen LogP contribution in [0.25, 0.3) is 0 Å². The van der Waals surface area contributed by atoms with Crippen LogP contribution in [0.2, 0.25) is 0 Å². The molecule has 6 heteroatoms. The van der Waals surface area contributed by atoms with Crippen LogP contribution in [0.15, 0.2) is 12.4 Å². The van der Waals surface area contributed by atoms with Gasteiger partial charge in [-0.25, -0.2) is 4.79 Å². The molecule has 0 radical (unpaired) electrons. The van der Waals surface area contributed by atoms with Gasteiger partial charge in [0.2, 0.25) is 0 Å². The monoisotopic (exact) mass is 324 g/mol. The van der Waals surface area contributed by atoms with E-state index in [1.165, 1.54) is 0 Å². The van der Waals surface area contributed by atoms with Gasteiger partial charge in [-0.2, -0.15) is 5.10 Å². The van der Waals surface area contributed by atoms with E-state index in [2.05, 4.69) is 30.5 Å². The van der Waals surface area contributed by atoms with E-state index in [4.69, 9.17) is 4.74 Å². The lowest BCUT2D eigenvalue weighted by molar-refractivity contribution is 0.0252. The van der Waals surface area contributed by atoms with Crippen molar-refractivity contribution in [3.63, 3.8) is 0 Å². The standard InChI is InChI=1S/C17H32N4O2/c1-6-9-20(16(22)23-17(3,4)5)11-8-18-12-15-13-19-21(14-15)10-7-2/h13-14,18H,6-12H2,1-5H3. The molecule has 0 saturated heterocycles. The number of carbonyl (C=O) groups is 1. The van der Waals surface area contributed by atoms with E-state index in [1.807, 2.05) is 31.6 Å². The molecule has 0 unspecified atom stereocenters. The minimum atomic E-state index is -0.454. The number of amides is 1. The van der Waals surface area contributed by atoms with Crippen molar-refractivity contribution < 1.29 is 9.53 Å². The number of carbonyl (C=O) groups excluding carboxylic acids is 1. The maximum absolute atomic E-state index is 12.2. The number of nitrogens with zero attached hydrogens (tertiary/aromatic N) is 3. The molecule has 0 saturated carbocycles. The number of hydrogen-bond acceptors (Lipinski definition) is 4. The molecule has 1 aromatic heterocycles. The molecule has 0 atom stereocenters. The van der Waals surface area contributed by atoms with E-state index in [1.54, 1.807) is 4.90 Å². The topological polar surface area (TPSA) is 59.4 Å². The van der Waals surface area contributed by atoms with Crippen molar-refractivity contribution >= 4 is 6.09 Å². The number of aryl methyl sites for hydroxylation is 1. The van der Waals surface area contributed by atoms with E-state index in [0.29, 0.717) is 13.1 Å². The molecule has 1 aromatic rings. The predicted octanol–water partition coefficient (Wildman–Crippen LogP) is 3.03. The van der Waals surface area contributed by atoms with Gasteiger partial charge in [0.25, 0.3) is 0 Å². The fourth-order valence-corrected chi connectivity index (χ4v) is 2.19. The zero-order valence-corrected chi connectivity index (χ0v) is 15.3. The van der Waals surface area contributed by atoms with Gasteiger partial charge in [-0.15, -0.1) is 0 Å². The van der Waals surface area contributed by atoms with Crippen molar-refractivity contribution in [2.75, 3.05) is 19.6 Å². The molecule has 1 heterocycles. The van der Waals surface area contributed by atoms with Gasteiger partial charge in [0, 0.05) is 44.5 Å². The molecule has 0 fully saturated rings. The first kappa shape index (κ1) is 19.5. The molecule has 0 aliphatic carbocycles. The van der Waals surface area contributed by atoms with Crippen molar-refractivity contribution in [1.29, 1.82) is 0 Å². The van der Waals surface area contributed by atoms with Crippen LogP contribution in [0.4, 0.5) is 4.79 Å². The lowest BCUT2D eigenvalue weighted by Crippen LogP contribution is -2.40. The van der Waals surface area contributed by atoms with Gasteiger partial charge in [0.05, 0.1) is 6.20 Å². The zero-order chi connectivity index (χ0) is 17.3. The fraction of sp³-hybridized carbons (Fsp3) is 0.765. The second-order valence-electron chi connectivity index (χ2n) is 6.76. The van der Waals surface area contributed by atoms with Crippen molar-refractivity contribution in [1.82, 2.24) is 20.0 Å². The fourth-order valence-electron chi connectivity index (χ4n) is 2.19. The summed E-state index contributed by atoms with van der Waals surface area (Å²) in [5.74, 6) is 0. The second kappa shape index (κ2) is 9.55. The Balaban J connectivity index is 2.35. The summed E-state index contributed by atoms with van der Waals surface area (Å²) in [6, 6.07) is 0. The number of ether oxygens (including phenoxy) is 1. The maximum Gasteiger partial charge on any atom is 0.410 e. The Labute approximate surface area is 140 Å². The molecular weight excluding hydrogens is 292 g/mol. The Bertz CT molecular complexity index is 465. The van der Waals surface area contributed by atoms with Crippen molar-refractivity contribution in [2.24, 2.45) is 0 Å². The highest BCUT2D eigenvalue weighted by Gasteiger charge is 2.21. The van der Waals surface area contributed by atoms with Crippen LogP contribution in [-0.4, -0.2) is 46.0 Å². The van der Waals surface area contributed by atoms with Crippen molar-refractivity contribution in [3.8, 4) is 0 Å². The minimum absolute atomic E-state index is 0.239. The molecule has 0 aromatic carbocycles. The van der Waals surface area contributed by atoms with Crippen LogP contribution in [0, 0.1) is 0 Å². The SMILES string of the molecule is CCCN(CCNCc1cnn(CCC)c1)C(=O)OC(C)(C)C. The number of hydrogen-bond donors (Lipinski definition) is 1. The average molecular weight is 324 g/mol. The molecule has 1 amide bonds. The Morgan fingerprint density at radius 3 is 2.65 bits per heavy atom. The van der Waals surface area contributed by atoms with Crippen LogP contribution in [0.1, 0.15) is 53.0 Å². The van der Waals surface area contributed by atoms with Crippen molar-refractivity contribution in [2.45, 2.75) is 66.2 Å². The smallest absolute Gasteiger partial charge is 0.410 e. The Kier molecular flexibility index (Phi) is 8.09. The van der Waals surface area contributed by atoms with Gasteiger partial charge in [-0.1, -0.05) is 13.8 Å². The Morgan fingerprint density at radius 2 is 2.04 bits per heavy atom. The highest BCUT2D eigenvalue weighted by atomic mass is 16.6. The molecule has 1 rings (SSSR count). The number of aromatic nitrogens is 2. The molecule has 0 aliphatic rings. The third-order valence-corrected chi connectivity index (χ3v) is 3.17. The van der Waals surface area contributed by atoms with Gasteiger partial charge in [-0.3, -0.25) is 4.68 Å². The Hall–Kier alpha value is -1.56. The van der Waals surface area contributed by atoms with Crippen molar-refractivity contribution in [3.05, 3.63) is 18.0 Å². The van der Waals surface area contributed by atoms with Gasteiger partial charge < -0.3 is 15.0 Å². The number of nitrogens with one attached hydrogen (secondary N) is 1. The van der Waals surface area contributed by atoms with E-state index in [0.717, 1.165) is 38.0 Å². The molecule has 23 heavy (non-hydrogen) atoms. The van der Waals surface area contributed by atoms with Crippen LogP contribution in [0.5, 0.6) is 0 Å². The summed E-state index contributed by atoms with van der Waals surface area (Å²) in [5.41, 5.74) is 0.711. The summed E-state index contributed by atoms with van der Waals surface area (Å²) >= 11 is 0. The summed E-state index contributed by atoms with van der Waals surface area (Å²) in [6.07, 6.45) is 5.71. The third kappa shape index (κ3) is 8.02. The highest BCUT2D eigenvalue weighted by Crippen LogP contribution is 2.10. The lowest BCUT2D eigenvalue weighted by Gasteiger charge is -2.27. The zero-order valence-electron chi connectivity index (χ0n) is 15.3. The number of rotatable bonds is 9. The largest absolute Gasteiger partial charge is 0.444 e. The van der Waals surface area contributed by atoms with E-state index < -0.39 is 5.60 Å². The van der Waals surface area contributed by atoms with Crippen LogP contribution in [0.3, 0.4) is 0 Å². The Morgan fingerprint density at radius 1 is 1.30 bits per heavy atom. The maximum atomic E-state index is 12.2. The van der Waals surface area contributed by atoms with Gasteiger partial charge in [-0.05, 0) is 33.6 Å². The summed E-state index contributed by atoms with van der Waals surface area (Å²) in [5, 5.41) is 7.67. The summed E-state index contributed by atoms with van der Waals surface area (Å²) < 4.78 is 7.40. The van der Waals surface area contributed by atoms with E-state index >= 15 is 0 Å². The van der Waals surface area contributed by atoms with Crippen LogP contribution >= 0.6 is 0 Å². The minimum Gasteiger partial charge on any atom is -0.444 e. The van der Waals surface area contributed by atoms with Gasteiger partial charge in [0.15, 0.2) is 0 Å². The molecule has 0 bridgehead atoms. The molecule has 0 spiro atoms. The first-order chi connectivity index (χ1) is 10.9. The summed E-state index contributed by atoms with van der Waals surface area (Å²) in [4.78, 5) is 13.9. The average Bonchev–Trinajstić information content (AvgIpc) is 2.88. The third-order valence-electron chi connectivity index (χ3n) is 3.17. The lowest BCUT2D eigenvalue weighted by atomic mass is 10.2. The first-order valence-corrected chi connectivity index (χ1v) is 8.55. The summed E-state index contributed by atoms with van der Waals surface area (Å²) in [7, 11) is 0. The van der Waals surface area contributed by atoms with Gasteiger partial charge in [0.1, 0.15) is 5.60 Å². The summed E-state index contributed by atoms with van der Waals surface area (Å²) in [6.45, 7) is 13.7. The first-order valence-electron chi connectivity index (χ1n) is 8.55. The quantitative estimate of drug-likeness (QED) is 0.709. The van der Waals surface area contributed by atoms with E-state index in [-0.39, 0.29) is 6.09 Å².